The highest BCUT2D eigenvalue weighted by molar-refractivity contribution is 5.37. The molecule has 21 heavy (non-hydrogen) atoms. The summed E-state index contributed by atoms with van der Waals surface area (Å²) < 4.78 is 20.5. The molecule has 0 saturated heterocycles. The number of benzene rings is 1. The molecule has 3 heteroatoms. The summed E-state index contributed by atoms with van der Waals surface area (Å²) in [4.78, 5) is 0. The van der Waals surface area contributed by atoms with Gasteiger partial charge < -0.3 is 10.1 Å². The van der Waals surface area contributed by atoms with Crippen molar-refractivity contribution < 1.29 is 9.13 Å². The van der Waals surface area contributed by atoms with Gasteiger partial charge in [0.1, 0.15) is 17.7 Å². The molecule has 0 bridgehead atoms. The van der Waals surface area contributed by atoms with Crippen molar-refractivity contribution in [3.05, 3.63) is 29.6 Å². The second-order valence-electron chi connectivity index (χ2n) is 6.25. The zero-order valence-corrected chi connectivity index (χ0v) is 13.5. The molecule has 3 unspecified atom stereocenters. The van der Waals surface area contributed by atoms with Crippen molar-refractivity contribution in [1.82, 2.24) is 5.32 Å². The average molecular weight is 293 g/mol. The highest BCUT2D eigenvalue weighted by Crippen LogP contribution is 2.33. The molecule has 118 valence electrons. The third-order valence-corrected chi connectivity index (χ3v) is 4.46. The first kappa shape index (κ1) is 16.3. The zero-order chi connectivity index (χ0) is 15.2. The minimum absolute atomic E-state index is 0.0277. The zero-order valence-electron chi connectivity index (χ0n) is 13.5. The molecular weight excluding hydrogens is 265 g/mol. The average Bonchev–Trinajstić information content (AvgIpc) is 2.47. The van der Waals surface area contributed by atoms with Gasteiger partial charge in [-0.3, -0.25) is 0 Å². The van der Waals surface area contributed by atoms with Crippen LogP contribution in [0, 0.1) is 11.7 Å². The van der Waals surface area contributed by atoms with Gasteiger partial charge >= 0.3 is 0 Å². The summed E-state index contributed by atoms with van der Waals surface area (Å²) >= 11 is 0. The fraction of sp³-hybridized carbons (Fsp3) is 0.667. The normalized spacial score (nSPS) is 23.8. The highest BCUT2D eigenvalue weighted by Gasteiger charge is 2.25. The summed E-state index contributed by atoms with van der Waals surface area (Å²) in [6.07, 6.45) is 6.04. The Hall–Kier alpha value is -1.09. The van der Waals surface area contributed by atoms with E-state index in [0.29, 0.717) is 17.2 Å². The van der Waals surface area contributed by atoms with Crippen LogP contribution in [-0.4, -0.2) is 12.6 Å². The van der Waals surface area contributed by atoms with Crippen LogP contribution in [0.2, 0.25) is 0 Å². The van der Waals surface area contributed by atoms with E-state index >= 15 is 0 Å². The van der Waals surface area contributed by atoms with E-state index in [9.17, 15) is 4.39 Å². The van der Waals surface area contributed by atoms with E-state index in [0.717, 1.165) is 19.4 Å². The Morgan fingerprint density at radius 2 is 2.10 bits per heavy atom. The maximum atomic E-state index is 14.3. The molecule has 2 nitrogen and oxygen atoms in total. The van der Waals surface area contributed by atoms with E-state index in [1.165, 1.54) is 25.3 Å². The molecule has 1 saturated carbocycles. The SMILES string of the molecule is CCCNC(C)c1c(F)cccc1OC1CCCCC1C. The molecule has 1 aromatic carbocycles. The second-order valence-corrected chi connectivity index (χ2v) is 6.25. The van der Waals surface area contributed by atoms with Gasteiger partial charge in [-0.05, 0) is 57.2 Å². The Balaban J connectivity index is 2.16. The Kier molecular flexibility index (Phi) is 6.04. The summed E-state index contributed by atoms with van der Waals surface area (Å²) in [6, 6.07) is 5.15. The molecule has 0 heterocycles. The Bertz CT molecular complexity index is 449. The molecule has 0 spiro atoms. The van der Waals surface area contributed by atoms with E-state index in [1.807, 2.05) is 13.0 Å². The first-order valence-corrected chi connectivity index (χ1v) is 8.32. The summed E-state index contributed by atoms with van der Waals surface area (Å²) in [5.74, 6) is 1.09. The molecule has 0 radical (unpaired) electrons. The van der Waals surface area contributed by atoms with E-state index in [4.69, 9.17) is 4.74 Å². The van der Waals surface area contributed by atoms with Gasteiger partial charge in [0.15, 0.2) is 0 Å². The van der Waals surface area contributed by atoms with E-state index in [2.05, 4.69) is 19.2 Å². The van der Waals surface area contributed by atoms with Gasteiger partial charge in [-0.15, -0.1) is 0 Å². The van der Waals surface area contributed by atoms with Crippen molar-refractivity contribution in [2.24, 2.45) is 5.92 Å². The first-order chi connectivity index (χ1) is 10.1. The van der Waals surface area contributed by atoms with Crippen LogP contribution in [0.1, 0.15) is 64.5 Å². The van der Waals surface area contributed by atoms with Crippen molar-refractivity contribution in [1.29, 1.82) is 0 Å². The molecule has 0 amide bonds. The largest absolute Gasteiger partial charge is 0.490 e. The molecule has 1 aliphatic rings. The first-order valence-electron chi connectivity index (χ1n) is 8.32. The lowest BCUT2D eigenvalue weighted by molar-refractivity contribution is 0.100. The second kappa shape index (κ2) is 7.79. The highest BCUT2D eigenvalue weighted by atomic mass is 19.1. The number of hydrogen-bond acceptors (Lipinski definition) is 2. The van der Waals surface area contributed by atoms with Crippen LogP contribution in [0.25, 0.3) is 0 Å². The third-order valence-electron chi connectivity index (χ3n) is 4.46. The Morgan fingerprint density at radius 3 is 2.81 bits per heavy atom. The van der Waals surface area contributed by atoms with Crippen molar-refractivity contribution in [2.75, 3.05) is 6.54 Å². The Labute approximate surface area is 128 Å². The minimum atomic E-state index is -0.174. The lowest BCUT2D eigenvalue weighted by Gasteiger charge is -2.31. The third kappa shape index (κ3) is 4.19. The summed E-state index contributed by atoms with van der Waals surface area (Å²) in [7, 11) is 0. The fourth-order valence-electron chi connectivity index (χ4n) is 3.12. The van der Waals surface area contributed by atoms with Crippen LogP contribution in [0.5, 0.6) is 5.75 Å². The van der Waals surface area contributed by atoms with E-state index in [-0.39, 0.29) is 18.0 Å². The van der Waals surface area contributed by atoms with Gasteiger partial charge in [0, 0.05) is 11.6 Å². The predicted octanol–water partition coefficient (Wildman–Crippen LogP) is 4.84. The molecule has 3 atom stereocenters. The van der Waals surface area contributed by atoms with Crippen LogP contribution in [-0.2, 0) is 0 Å². The molecule has 1 aliphatic carbocycles. The Morgan fingerprint density at radius 1 is 1.33 bits per heavy atom. The van der Waals surface area contributed by atoms with Gasteiger partial charge in [0.25, 0.3) is 0 Å². The summed E-state index contributed by atoms with van der Waals surface area (Å²) in [6.45, 7) is 7.24. The lowest BCUT2D eigenvalue weighted by atomic mass is 9.88. The smallest absolute Gasteiger partial charge is 0.131 e. The monoisotopic (exact) mass is 293 g/mol. The van der Waals surface area contributed by atoms with E-state index < -0.39 is 0 Å². The molecule has 1 aromatic rings. The fourth-order valence-corrected chi connectivity index (χ4v) is 3.12. The quantitative estimate of drug-likeness (QED) is 0.810. The number of nitrogens with one attached hydrogen (secondary N) is 1. The van der Waals surface area contributed by atoms with Crippen LogP contribution in [0.15, 0.2) is 18.2 Å². The maximum absolute atomic E-state index is 14.3. The van der Waals surface area contributed by atoms with Crippen molar-refractivity contribution >= 4 is 0 Å². The van der Waals surface area contributed by atoms with Crippen LogP contribution in [0.4, 0.5) is 4.39 Å². The molecule has 1 fully saturated rings. The summed E-state index contributed by atoms with van der Waals surface area (Å²) in [5, 5.41) is 3.36. The van der Waals surface area contributed by atoms with Crippen LogP contribution >= 0.6 is 0 Å². The minimum Gasteiger partial charge on any atom is -0.490 e. The van der Waals surface area contributed by atoms with Gasteiger partial charge in [-0.25, -0.2) is 4.39 Å². The topological polar surface area (TPSA) is 21.3 Å². The van der Waals surface area contributed by atoms with Crippen LogP contribution < -0.4 is 10.1 Å². The lowest BCUT2D eigenvalue weighted by Crippen LogP contribution is -2.29. The van der Waals surface area contributed by atoms with Gasteiger partial charge in [0.05, 0.1) is 0 Å². The molecular formula is C18H28FNO. The van der Waals surface area contributed by atoms with Crippen molar-refractivity contribution in [3.8, 4) is 5.75 Å². The van der Waals surface area contributed by atoms with Gasteiger partial charge in [0.2, 0.25) is 0 Å². The standard InChI is InChI=1S/C18H28FNO/c1-4-12-20-14(3)18-15(19)9-7-11-17(18)21-16-10-6-5-8-13(16)2/h7,9,11,13-14,16,20H,4-6,8,10,12H2,1-3H3. The predicted molar refractivity (Wildman–Crippen MR) is 85.2 cm³/mol. The van der Waals surface area contributed by atoms with Gasteiger partial charge in [-0.2, -0.15) is 0 Å². The molecule has 0 aliphatic heterocycles. The molecule has 0 aromatic heterocycles. The van der Waals surface area contributed by atoms with Crippen molar-refractivity contribution in [2.45, 2.75) is 65.0 Å². The number of hydrogen-bond donors (Lipinski definition) is 1. The maximum Gasteiger partial charge on any atom is 0.131 e. The van der Waals surface area contributed by atoms with Gasteiger partial charge in [-0.1, -0.05) is 26.3 Å². The van der Waals surface area contributed by atoms with Crippen LogP contribution in [0.3, 0.4) is 0 Å². The number of ether oxygens (including phenoxy) is 1. The summed E-state index contributed by atoms with van der Waals surface area (Å²) in [5.41, 5.74) is 0.670. The van der Waals surface area contributed by atoms with Crippen molar-refractivity contribution in [3.63, 3.8) is 0 Å². The molecule has 2 rings (SSSR count). The number of rotatable bonds is 6. The van der Waals surface area contributed by atoms with E-state index in [1.54, 1.807) is 6.07 Å². The number of halogens is 1. The molecule has 1 N–H and O–H groups in total.